The Bertz CT molecular complexity index is 406. The fourth-order valence-electron chi connectivity index (χ4n) is 1.21. The molecule has 0 aliphatic heterocycles. The van der Waals surface area contributed by atoms with Gasteiger partial charge in [-0.15, -0.1) is 0 Å². The van der Waals surface area contributed by atoms with Gasteiger partial charge >= 0.3 is 0 Å². The smallest absolute Gasteiger partial charge is 0.236 e. The van der Waals surface area contributed by atoms with Crippen LogP contribution in [0.3, 0.4) is 0 Å². The highest BCUT2D eigenvalue weighted by atomic mass is 32.9. The summed E-state index contributed by atoms with van der Waals surface area (Å²) in [6.07, 6.45) is 0.0220. The predicted octanol–water partition coefficient (Wildman–Crippen LogP) is 3.15. The topological polar surface area (TPSA) is 47.3 Å². The van der Waals surface area contributed by atoms with Crippen LogP contribution in [0.1, 0.15) is 26.5 Å². The van der Waals surface area contributed by atoms with Crippen molar-refractivity contribution in [3.63, 3.8) is 0 Å². The van der Waals surface area contributed by atoms with E-state index in [9.17, 15) is 5.11 Å². The Morgan fingerprint density at radius 2 is 2.31 bits per heavy atom. The molecule has 0 spiro atoms. The summed E-state index contributed by atoms with van der Waals surface area (Å²) in [4.78, 5) is 0. The monoisotopic (exact) mass is 280 g/mol. The highest BCUT2D eigenvalue weighted by Crippen LogP contribution is 2.62. The van der Waals surface area contributed by atoms with Gasteiger partial charge in [-0.2, -0.15) is 9.55 Å². The quantitative estimate of drug-likeness (QED) is 0.840. The molecule has 0 aliphatic rings. The summed E-state index contributed by atoms with van der Waals surface area (Å²) >= 11 is 7.07. The van der Waals surface area contributed by atoms with Gasteiger partial charge in [0.2, 0.25) is 11.5 Å². The molecule has 0 saturated carbocycles. The molecule has 0 amide bonds. The maximum absolute atomic E-state index is 9.77. The first-order valence-corrected chi connectivity index (χ1v) is 9.35. The molecule has 0 aromatic carbocycles. The van der Waals surface area contributed by atoms with Crippen LogP contribution in [0.2, 0.25) is 0 Å². The number of hydrogen-bond donors (Lipinski definition) is 1. The second-order valence-electron chi connectivity index (χ2n) is 3.57. The zero-order valence-electron chi connectivity index (χ0n) is 9.88. The van der Waals surface area contributed by atoms with E-state index in [1.54, 1.807) is 6.07 Å². The average Bonchev–Trinajstić information content (AvgIpc) is 2.44. The largest absolute Gasteiger partial charge is 0.493 e. The molecule has 1 atom stereocenters. The van der Waals surface area contributed by atoms with E-state index in [1.807, 2.05) is 27.7 Å². The molecule has 1 heterocycles. The fraction of sp³-hybridized carbons (Fsp3) is 0.667. The van der Waals surface area contributed by atoms with Crippen molar-refractivity contribution in [2.24, 2.45) is 0 Å². The van der Waals surface area contributed by atoms with E-state index in [1.165, 1.54) is 15.8 Å². The number of rotatable bonds is 5. The number of aromatic nitrogens is 2. The fourth-order valence-corrected chi connectivity index (χ4v) is 7.08. The Kier molecular flexibility index (Phi) is 4.86. The van der Waals surface area contributed by atoms with Gasteiger partial charge in [0, 0.05) is 6.07 Å². The standard InChI is InChI=1S/C9H17N2O2PS2/c1-5-16-14(15,13-7(2)3)11-9(12)6-8(4)10-11/h6-7,12H,5H2,1-4H3. The van der Waals surface area contributed by atoms with Crippen LogP contribution in [-0.4, -0.2) is 26.5 Å². The average molecular weight is 280 g/mol. The van der Waals surface area contributed by atoms with Crippen molar-refractivity contribution < 1.29 is 9.63 Å². The lowest BCUT2D eigenvalue weighted by molar-refractivity contribution is 0.269. The third-order valence-electron chi connectivity index (χ3n) is 1.66. The minimum Gasteiger partial charge on any atom is -0.493 e. The van der Waals surface area contributed by atoms with Crippen LogP contribution < -0.4 is 0 Å². The molecule has 1 rings (SSSR count). The van der Waals surface area contributed by atoms with Gasteiger partial charge in [-0.05, 0) is 38.3 Å². The zero-order chi connectivity index (χ0) is 12.3. The van der Waals surface area contributed by atoms with Crippen LogP contribution in [-0.2, 0) is 16.3 Å². The Morgan fingerprint density at radius 3 is 2.69 bits per heavy atom. The maximum Gasteiger partial charge on any atom is 0.236 e. The van der Waals surface area contributed by atoms with Crippen molar-refractivity contribution in [3.8, 4) is 5.88 Å². The van der Waals surface area contributed by atoms with Gasteiger partial charge < -0.3 is 9.63 Å². The van der Waals surface area contributed by atoms with Crippen LogP contribution in [0.25, 0.3) is 0 Å². The van der Waals surface area contributed by atoms with Crippen LogP contribution in [0, 0.1) is 6.92 Å². The number of aryl methyl sites for hydroxylation is 1. The molecular weight excluding hydrogens is 263 g/mol. The van der Waals surface area contributed by atoms with Crippen molar-refractivity contribution in [2.45, 2.75) is 33.8 Å². The second-order valence-corrected chi connectivity index (χ2v) is 10.4. The highest BCUT2D eigenvalue weighted by molar-refractivity contribution is 8.68. The highest BCUT2D eigenvalue weighted by Gasteiger charge is 2.26. The Balaban J connectivity index is 3.10. The van der Waals surface area contributed by atoms with Gasteiger partial charge in [-0.1, -0.05) is 18.3 Å². The summed E-state index contributed by atoms with van der Waals surface area (Å²) in [6, 6.07) is 1.60. The number of nitrogens with zero attached hydrogens (tertiary/aromatic N) is 2. The Labute approximate surface area is 105 Å². The summed E-state index contributed by atoms with van der Waals surface area (Å²) in [5, 5.41) is 14.0. The van der Waals surface area contributed by atoms with Crippen molar-refractivity contribution in [2.75, 3.05) is 5.75 Å². The molecule has 16 heavy (non-hydrogen) atoms. The van der Waals surface area contributed by atoms with E-state index >= 15 is 0 Å². The second kappa shape index (κ2) is 5.54. The van der Waals surface area contributed by atoms with Crippen molar-refractivity contribution in [1.29, 1.82) is 0 Å². The van der Waals surface area contributed by atoms with E-state index in [0.717, 1.165) is 11.4 Å². The van der Waals surface area contributed by atoms with Crippen LogP contribution in [0.15, 0.2) is 6.07 Å². The molecule has 92 valence electrons. The third-order valence-corrected chi connectivity index (χ3v) is 7.84. The molecule has 1 unspecified atom stereocenters. The summed E-state index contributed by atoms with van der Waals surface area (Å²) in [6.45, 7) is 7.71. The summed E-state index contributed by atoms with van der Waals surface area (Å²) in [5.41, 5.74) is -1.59. The van der Waals surface area contributed by atoms with Crippen molar-refractivity contribution in [3.05, 3.63) is 11.8 Å². The van der Waals surface area contributed by atoms with Crippen molar-refractivity contribution in [1.82, 2.24) is 9.55 Å². The molecule has 0 fully saturated rings. The molecule has 1 aromatic heterocycles. The van der Waals surface area contributed by atoms with Crippen molar-refractivity contribution >= 4 is 28.8 Å². The maximum atomic E-state index is 9.77. The normalized spacial score (nSPS) is 15.3. The molecule has 0 bridgehead atoms. The third kappa shape index (κ3) is 3.23. The summed E-state index contributed by atoms with van der Waals surface area (Å²) in [5.74, 6) is 0.921. The van der Waals surface area contributed by atoms with Crippen LogP contribution in [0.4, 0.5) is 0 Å². The lowest BCUT2D eigenvalue weighted by Gasteiger charge is -2.23. The summed E-state index contributed by atoms with van der Waals surface area (Å²) < 4.78 is 7.25. The first-order valence-electron chi connectivity index (χ1n) is 5.08. The SMILES string of the molecule is CCSP(=S)(OC(C)C)n1nc(C)cc1O. The molecule has 4 nitrogen and oxygen atoms in total. The van der Waals surface area contributed by atoms with Crippen LogP contribution in [0.5, 0.6) is 5.88 Å². The first kappa shape index (κ1) is 14.0. The zero-order valence-corrected chi connectivity index (χ0v) is 12.4. The molecule has 1 N–H and O–H groups in total. The lowest BCUT2D eigenvalue weighted by atomic mass is 10.5. The molecule has 7 heteroatoms. The first-order chi connectivity index (χ1) is 7.39. The molecular formula is C9H17N2O2PS2. The Morgan fingerprint density at radius 1 is 1.69 bits per heavy atom. The minimum absolute atomic E-state index is 0.0220. The number of hydrogen-bond acceptors (Lipinski definition) is 5. The van der Waals surface area contributed by atoms with Gasteiger partial charge in [0.05, 0.1) is 11.8 Å². The predicted molar refractivity (Wildman–Crippen MR) is 72.7 cm³/mol. The minimum atomic E-state index is -2.34. The van der Waals surface area contributed by atoms with Crippen LogP contribution >= 0.6 is 17.0 Å². The van der Waals surface area contributed by atoms with Gasteiger partial charge in [-0.25, -0.2) is 0 Å². The van der Waals surface area contributed by atoms with E-state index in [4.69, 9.17) is 16.3 Å². The van der Waals surface area contributed by atoms with E-state index < -0.39 is 5.62 Å². The van der Waals surface area contributed by atoms with Gasteiger partial charge in [-0.3, -0.25) is 0 Å². The Hall–Kier alpha value is -0.0300. The van der Waals surface area contributed by atoms with Gasteiger partial charge in [0.25, 0.3) is 0 Å². The lowest BCUT2D eigenvalue weighted by Crippen LogP contribution is -2.06. The van der Waals surface area contributed by atoms with E-state index in [2.05, 4.69) is 5.10 Å². The molecule has 0 saturated heterocycles. The van der Waals surface area contributed by atoms with E-state index in [-0.39, 0.29) is 12.0 Å². The van der Waals surface area contributed by atoms with Gasteiger partial charge in [0.15, 0.2) is 0 Å². The molecule has 0 radical (unpaired) electrons. The molecule has 1 aromatic rings. The van der Waals surface area contributed by atoms with E-state index in [0.29, 0.717) is 0 Å². The molecule has 0 aliphatic carbocycles. The van der Waals surface area contributed by atoms with Gasteiger partial charge in [0.1, 0.15) is 0 Å². The number of aromatic hydroxyl groups is 1. The summed E-state index contributed by atoms with van der Waals surface area (Å²) in [7, 11) is 0.